The molecular weight excluding hydrogens is 220 g/mol. The number of carbonyl (C=O) groups excluding carboxylic acids is 1. The second-order valence-corrected chi connectivity index (χ2v) is 6.27. The van der Waals surface area contributed by atoms with Crippen molar-refractivity contribution in [1.29, 1.82) is 0 Å². The van der Waals surface area contributed by atoms with Gasteiger partial charge in [-0.25, -0.2) is 4.98 Å². The van der Waals surface area contributed by atoms with Crippen LogP contribution in [0.3, 0.4) is 0 Å². The molecular formula is C12H20N2OS. The lowest BCUT2D eigenvalue weighted by molar-refractivity contribution is -0.119. The van der Waals surface area contributed by atoms with E-state index in [9.17, 15) is 4.79 Å². The highest BCUT2D eigenvalue weighted by atomic mass is 32.1. The zero-order valence-electron chi connectivity index (χ0n) is 10.7. The number of likely N-dealkylation sites (N-methyl/N-ethyl adjacent to an activating group) is 1. The molecule has 0 aliphatic heterocycles. The lowest BCUT2D eigenvalue weighted by atomic mass is 9.93. The SMILES string of the molecule is CN(C)CC(=O)Cc1nc(C(C)(C)C)cs1. The van der Waals surface area contributed by atoms with Crippen molar-refractivity contribution in [1.82, 2.24) is 9.88 Å². The van der Waals surface area contributed by atoms with E-state index in [1.807, 2.05) is 19.0 Å². The molecule has 4 heteroatoms. The Hall–Kier alpha value is -0.740. The van der Waals surface area contributed by atoms with Crippen molar-refractivity contribution in [3.63, 3.8) is 0 Å². The van der Waals surface area contributed by atoms with Crippen molar-refractivity contribution < 1.29 is 4.79 Å². The highest BCUT2D eigenvalue weighted by Gasteiger charge is 2.18. The molecule has 90 valence electrons. The molecule has 0 unspecified atom stereocenters. The highest BCUT2D eigenvalue weighted by molar-refractivity contribution is 7.09. The van der Waals surface area contributed by atoms with Crippen LogP contribution in [0, 0.1) is 0 Å². The lowest BCUT2D eigenvalue weighted by Gasteiger charge is -2.14. The van der Waals surface area contributed by atoms with E-state index in [0.29, 0.717) is 13.0 Å². The van der Waals surface area contributed by atoms with Gasteiger partial charge in [0.2, 0.25) is 0 Å². The molecule has 0 amide bonds. The molecule has 1 heterocycles. The van der Waals surface area contributed by atoms with Gasteiger partial charge in [0.15, 0.2) is 5.78 Å². The molecule has 3 nitrogen and oxygen atoms in total. The molecule has 0 fully saturated rings. The predicted octanol–water partition coefficient (Wildman–Crippen LogP) is 2.11. The monoisotopic (exact) mass is 240 g/mol. The van der Waals surface area contributed by atoms with Crippen LogP contribution >= 0.6 is 11.3 Å². The fourth-order valence-corrected chi connectivity index (χ4v) is 2.36. The van der Waals surface area contributed by atoms with Gasteiger partial charge in [-0.1, -0.05) is 20.8 Å². The number of ketones is 1. The summed E-state index contributed by atoms with van der Waals surface area (Å²) in [7, 11) is 3.81. The minimum Gasteiger partial charge on any atom is -0.302 e. The Labute approximate surface area is 101 Å². The predicted molar refractivity (Wildman–Crippen MR) is 68.1 cm³/mol. The minimum absolute atomic E-state index is 0.0688. The molecule has 0 aliphatic rings. The van der Waals surface area contributed by atoms with Gasteiger partial charge in [0.1, 0.15) is 5.01 Å². The molecule has 1 rings (SSSR count). The third-order valence-electron chi connectivity index (χ3n) is 2.16. The summed E-state index contributed by atoms with van der Waals surface area (Å²) >= 11 is 1.58. The number of hydrogen-bond acceptors (Lipinski definition) is 4. The fraction of sp³-hybridized carbons (Fsp3) is 0.667. The van der Waals surface area contributed by atoms with Crippen LogP contribution < -0.4 is 0 Å². The van der Waals surface area contributed by atoms with E-state index in [4.69, 9.17) is 0 Å². The van der Waals surface area contributed by atoms with E-state index in [0.717, 1.165) is 10.7 Å². The molecule has 0 spiro atoms. The van der Waals surface area contributed by atoms with E-state index in [2.05, 4.69) is 31.1 Å². The Morgan fingerprint density at radius 3 is 2.50 bits per heavy atom. The van der Waals surface area contributed by atoms with Crippen molar-refractivity contribution in [3.8, 4) is 0 Å². The molecule has 0 saturated carbocycles. The van der Waals surface area contributed by atoms with Gasteiger partial charge in [0, 0.05) is 10.8 Å². The fourth-order valence-electron chi connectivity index (χ4n) is 1.31. The first kappa shape index (κ1) is 13.3. The van der Waals surface area contributed by atoms with Gasteiger partial charge < -0.3 is 4.90 Å². The summed E-state index contributed by atoms with van der Waals surface area (Å²) in [6.45, 7) is 6.89. The molecule has 16 heavy (non-hydrogen) atoms. The van der Waals surface area contributed by atoms with Crippen molar-refractivity contribution in [3.05, 3.63) is 16.1 Å². The maximum atomic E-state index is 11.6. The zero-order chi connectivity index (χ0) is 12.3. The number of thiazole rings is 1. The van der Waals surface area contributed by atoms with Crippen LogP contribution in [0.25, 0.3) is 0 Å². The van der Waals surface area contributed by atoms with E-state index >= 15 is 0 Å². The Balaban J connectivity index is 2.62. The number of carbonyl (C=O) groups is 1. The number of aromatic nitrogens is 1. The van der Waals surface area contributed by atoms with Crippen molar-refractivity contribution in [2.75, 3.05) is 20.6 Å². The summed E-state index contributed by atoms with van der Waals surface area (Å²) in [5.41, 5.74) is 1.14. The maximum absolute atomic E-state index is 11.6. The van der Waals surface area contributed by atoms with E-state index < -0.39 is 0 Å². The first-order chi connectivity index (χ1) is 7.29. The third kappa shape index (κ3) is 4.02. The summed E-state index contributed by atoms with van der Waals surface area (Å²) < 4.78 is 0. The van der Waals surface area contributed by atoms with Gasteiger partial charge in [0.25, 0.3) is 0 Å². The topological polar surface area (TPSA) is 33.2 Å². The normalized spacial score (nSPS) is 12.1. The molecule has 0 saturated heterocycles. The third-order valence-corrected chi connectivity index (χ3v) is 3.01. The minimum atomic E-state index is 0.0688. The van der Waals surface area contributed by atoms with Gasteiger partial charge in [0.05, 0.1) is 18.7 Å². The highest BCUT2D eigenvalue weighted by Crippen LogP contribution is 2.24. The molecule has 0 atom stereocenters. The summed E-state index contributed by atoms with van der Waals surface area (Å²) in [4.78, 5) is 18.0. The Morgan fingerprint density at radius 2 is 2.06 bits per heavy atom. The molecule has 0 aromatic carbocycles. The number of Topliss-reactive ketones (excluding diaryl/α,β-unsaturated/α-hetero) is 1. The van der Waals surface area contributed by atoms with Crippen molar-refractivity contribution >= 4 is 17.1 Å². The van der Waals surface area contributed by atoms with Crippen LogP contribution in [-0.2, 0) is 16.6 Å². The molecule has 0 aliphatic carbocycles. The van der Waals surface area contributed by atoms with Crippen LogP contribution in [0.15, 0.2) is 5.38 Å². The van der Waals surface area contributed by atoms with Gasteiger partial charge in [-0.3, -0.25) is 4.79 Å². The van der Waals surface area contributed by atoms with Crippen LogP contribution in [-0.4, -0.2) is 36.3 Å². The van der Waals surface area contributed by atoms with Crippen LogP contribution in [0.4, 0.5) is 0 Å². The molecule has 0 radical (unpaired) electrons. The van der Waals surface area contributed by atoms with E-state index in [-0.39, 0.29) is 11.2 Å². The van der Waals surface area contributed by atoms with Gasteiger partial charge >= 0.3 is 0 Å². The van der Waals surface area contributed by atoms with E-state index in [1.54, 1.807) is 11.3 Å². The average Bonchev–Trinajstić information content (AvgIpc) is 2.49. The molecule has 0 N–H and O–H groups in total. The van der Waals surface area contributed by atoms with Crippen molar-refractivity contribution in [2.24, 2.45) is 0 Å². The van der Waals surface area contributed by atoms with Gasteiger partial charge in [-0.05, 0) is 14.1 Å². The summed E-state index contributed by atoms with van der Waals surface area (Å²) in [5.74, 6) is 0.222. The lowest BCUT2D eigenvalue weighted by Crippen LogP contribution is -2.23. The maximum Gasteiger partial charge on any atom is 0.153 e. The number of nitrogens with zero attached hydrogens (tertiary/aromatic N) is 2. The Kier molecular flexibility index (Phi) is 4.21. The Bertz CT molecular complexity index is 363. The molecule has 1 aromatic rings. The van der Waals surface area contributed by atoms with Crippen LogP contribution in [0.5, 0.6) is 0 Å². The van der Waals surface area contributed by atoms with Crippen molar-refractivity contribution in [2.45, 2.75) is 32.6 Å². The molecule has 0 bridgehead atoms. The smallest absolute Gasteiger partial charge is 0.153 e. The van der Waals surface area contributed by atoms with Crippen LogP contribution in [0.1, 0.15) is 31.5 Å². The van der Waals surface area contributed by atoms with Gasteiger partial charge in [-0.15, -0.1) is 11.3 Å². The van der Waals surface area contributed by atoms with Gasteiger partial charge in [-0.2, -0.15) is 0 Å². The second kappa shape index (κ2) is 5.06. The largest absolute Gasteiger partial charge is 0.302 e. The zero-order valence-corrected chi connectivity index (χ0v) is 11.5. The first-order valence-corrected chi connectivity index (χ1v) is 6.28. The second-order valence-electron chi connectivity index (χ2n) is 5.33. The quantitative estimate of drug-likeness (QED) is 0.808. The Morgan fingerprint density at radius 1 is 1.44 bits per heavy atom. The summed E-state index contributed by atoms with van der Waals surface area (Å²) in [6, 6.07) is 0. The molecule has 1 aromatic heterocycles. The standard InChI is InChI=1S/C12H20N2OS/c1-12(2,3)10-8-16-11(13-10)6-9(15)7-14(4)5/h8H,6-7H2,1-5H3. The number of rotatable bonds is 4. The average molecular weight is 240 g/mol. The van der Waals surface area contributed by atoms with Crippen LogP contribution in [0.2, 0.25) is 0 Å². The summed E-state index contributed by atoms with van der Waals surface area (Å²) in [6.07, 6.45) is 0.457. The van der Waals surface area contributed by atoms with E-state index in [1.165, 1.54) is 0 Å². The summed E-state index contributed by atoms with van der Waals surface area (Å²) in [5, 5.41) is 2.98. The number of hydrogen-bond donors (Lipinski definition) is 0. The first-order valence-electron chi connectivity index (χ1n) is 5.40.